The van der Waals surface area contributed by atoms with E-state index in [1.165, 1.54) is 24.3 Å². The van der Waals surface area contributed by atoms with Gasteiger partial charge in [0.2, 0.25) is 20.0 Å². The Bertz CT molecular complexity index is 1180. The number of pyridine rings is 1. The Balaban J connectivity index is 1.55. The Morgan fingerprint density at radius 1 is 0.857 bits per heavy atom. The maximum Gasteiger partial charge on any atom is 0.240 e. The van der Waals surface area contributed by atoms with Crippen LogP contribution in [0, 0.1) is 0 Å². The Morgan fingerprint density at radius 2 is 1.57 bits per heavy atom. The summed E-state index contributed by atoms with van der Waals surface area (Å²) < 4.78 is 51.8. The van der Waals surface area contributed by atoms with Crippen molar-refractivity contribution in [1.82, 2.24) is 9.71 Å². The standard InChI is InChI=1S/C18H20N4O4S2/c1-27(23,24)22-15-7-9-16(10-8-15)28(25,26)20-13-12-19-18-11-6-14-4-2-3-5-17(14)21-18/h2-11,20,22H,12-13H2,1H3,(H,19,21). The molecule has 0 spiro atoms. The van der Waals surface area contributed by atoms with Crippen molar-refractivity contribution < 1.29 is 16.8 Å². The molecule has 3 rings (SSSR count). The normalized spacial score (nSPS) is 12.0. The molecule has 0 aliphatic carbocycles. The number of anilines is 2. The SMILES string of the molecule is CS(=O)(=O)Nc1ccc(S(=O)(=O)NCCNc2ccc3ccccc3n2)cc1. The van der Waals surface area contributed by atoms with E-state index in [4.69, 9.17) is 0 Å². The Morgan fingerprint density at radius 3 is 2.29 bits per heavy atom. The Hall–Kier alpha value is -2.69. The zero-order valence-electron chi connectivity index (χ0n) is 15.1. The smallest absolute Gasteiger partial charge is 0.240 e. The van der Waals surface area contributed by atoms with Gasteiger partial charge in [-0.25, -0.2) is 26.5 Å². The largest absolute Gasteiger partial charge is 0.369 e. The third-order valence-corrected chi connectivity index (χ3v) is 5.87. The number of hydrogen-bond donors (Lipinski definition) is 3. The first-order chi connectivity index (χ1) is 13.2. The molecule has 0 aliphatic rings. The molecule has 28 heavy (non-hydrogen) atoms. The summed E-state index contributed by atoms with van der Waals surface area (Å²) in [6.45, 7) is 0.526. The van der Waals surface area contributed by atoms with Crippen LogP contribution in [-0.2, 0) is 20.0 Å². The summed E-state index contributed by atoms with van der Waals surface area (Å²) >= 11 is 0. The summed E-state index contributed by atoms with van der Waals surface area (Å²) in [6, 6.07) is 17.0. The van der Waals surface area contributed by atoms with Crippen LogP contribution in [0.5, 0.6) is 0 Å². The van der Waals surface area contributed by atoms with Crippen LogP contribution in [0.15, 0.2) is 65.6 Å². The second-order valence-electron chi connectivity index (χ2n) is 6.11. The highest BCUT2D eigenvalue weighted by Crippen LogP contribution is 2.15. The lowest BCUT2D eigenvalue weighted by Crippen LogP contribution is -2.29. The number of hydrogen-bond acceptors (Lipinski definition) is 6. The maximum atomic E-state index is 12.3. The van der Waals surface area contributed by atoms with Gasteiger partial charge in [0, 0.05) is 24.2 Å². The van der Waals surface area contributed by atoms with E-state index in [-0.39, 0.29) is 11.4 Å². The summed E-state index contributed by atoms with van der Waals surface area (Å²) in [5.41, 5.74) is 1.15. The lowest BCUT2D eigenvalue weighted by atomic mass is 10.2. The molecule has 10 heteroatoms. The Labute approximate surface area is 164 Å². The fraction of sp³-hybridized carbons (Fsp3) is 0.167. The van der Waals surface area contributed by atoms with Gasteiger partial charge in [-0.1, -0.05) is 18.2 Å². The number of para-hydroxylation sites is 1. The first kappa shape index (κ1) is 20.1. The number of nitrogens with zero attached hydrogens (tertiary/aromatic N) is 1. The summed E-state index contributed by atoms with van der Waals surface area (Å²) in [5.74, 6) is 0.661. The van der Waals surface area contributed by atoms with Gasteiger partial charge < -0.3 is 5.32 Å². The molecule has 1 heterocycles. The molecule has 3 N–H and O–H groups in total. The molecule has 0 atom stereocenters. The highest BCUT2D eigenvalue weighted by molar-refractivity contribution is 7.92. The number of benzene rings is 2. The lowest BCUT2D eigenvalue weighted by molar-refractivity contribution is 0.583. The molecule has 8 nitrogen and oxygen atoms in total. The van der Waals surface area contributed by atoms with E-state index in [1.807, 2.05) is 36.4 Å². The molecular formula is C18H20N4O4S2. The molecule has 0 unspecified atom stereocenters. The van der Waals surface area contributed by atoms with Gasteiger partial charge in [0.1, 0.15) is 5.82 Å². The first-order valence-corrected chi connectivity index (χ1v) is 11.8. The maximum absolute atomic E-state index is 12.3. The molecule has 0 radical (unpaired) electrons. The highest BCUT2D eigenvalue weighted by Gasteiger charge is 2.13. The predicted octanol–water partition coefficient (Wildman–Crippen LogP) is 2.00. The minimum Gasteiger partial charge on any atom is -0.369 e. The third kappa shape index (κ3) is 5.41. The predicted molar refractivity (Wildman–Crippen MR) is 110 cm³/mol. The quantitative estimate of drug-likeness (QED) is 0.480. The molecule has 0 bridgehead atoms. The van der Waals surface area contributed by atoms with E-state index in [1.54, 1.807) is 0 Å². The van der Waals surface area contributed by atoms with Crippen molar-refractivity contribution in [3.8, 4) is 0 Å². The molecule has 0 aliphatic heterocycles. The van der Waals surface area contributed by atoms with Crippen molar-refractivity contribution in [3.63, 3.8) is 0 Å². The van der Waals surface area contributed by atoms with E-state index in [0.29, 0.717) is 18.1 Å². The molecule has 0 saturated carbocycles. The van der Waals surface area contributed by atoms with E-state index < -0.39 is 20.0 Å². The van der Waals surface area contributed by atoms with Gasteiger partial charge in [-0.3, -0.25) is 4.72 Å². The van der Waals surface area contributed by atoms with Crippen LogP contribution in [0.2, 0.25) is 0 Å². The van der Waals surface area contributed by atoms with Crippen molar-refractivity contribution in [3.05, 3.63) is 60.7 Å². The summed E-state index contributed by atoms with van der Waals surface area (Å²) in [5, 5.41) is 4.11. The van der Waals surface area contributed by atoms with Crippen molar-refractivity contribution in [2.45, 2.75) is 4.90 Å². The summed E-state index contributed by atoms with van der Waals surface area (Å²) in [7, 11) is -7.11. The van der Waals surface area contributed by atoms with E-state index in [0.717, 1.165) is 17.2 Å². The van der Waals surface area contributed by atoms with Gasteiger partial charge in [0.15, 0.2) is 0 Å². The topological polar surface area (TPSA) is 117 Å². The van der Waals surface area contributed by atoms with Crippen molar-refractivity contribution in [1.29, 1.82) is 0 Å². The van der Waals surface area contributed by atoms with Crippen molar-refractivity contribution >= 4 is 42.5 Å². The first-order valence-electron chi connectivity index (χ1n) is 8.40. The van der Waals surface area contributed by atoms with Crippen LogP contribution in [0.3, 0.4) is 0 Å². The molecule has 148 valence electrons. The van der Waals surface area contributed by atoms with Gasteiger partial charge in [0.05, 0.1) is 16.7 Å². The number of fused-ring (bicyclic) bond motifs is 1. The average Bonchev–Trinajstić information content (AvgIpc) is 2.64. The van der Waals surface area contributed by atoms with Crippen molar-refractivity contribution in [2.24, 2.45) is 0 Å². The molecule has 2 aromatic carbocycles. The van der Waals surface area contributed by atoms with E-state index in [9.17, 15) is 16.8 Å². The zero-order chi connectivity index (χ0) is 20.2. The minimum atomic E-state index is -3.70. The summed E-state index contributed by atoms with van der Waals surface area (Å²) in [6.07, 6.45) is 1.02. The van der Waals surface area contributed by atoms with Crippen LogP contribution >= 0.6 is 0 Å². The lowest BCUT2D eigenvalue weighted by Gasteiger charge is -2.10. The molecule has 3 aromatic rings. The second kappa shape index (κ2) is 8.13. The molecular weight excluding hydrogens is 400 g/mol. The van der Waals surface area contributed by atoms with Gasteiger partial charge in [-0.15, -0.1) is 0 Å². The minimum absolute atomic E-state index is 0.0513. The van der Waals surface area contributed by atoms with Gasteiger partial charge in [0.25, 0.3) is 0 Å². The molecule has 1 aromatic heterocycles. The van der Waals surface area contributed by atoms with E-state index >= 15 is 0 Å². The average molecular weight is 421 g/mol. The number of sulfonamides is 2. The van der Waals surface area contributed by atoms with Gasteiger partial charge in [-0.2, -0.15) is 0 Å². The van der Waals surface area contributed by atoms with Crippen LogP contribution in [0.25, 0.3) is 10.9 Å². The fourth-order valence-electron chi connectivity index (χ4n) is 2.54. The zero-order valence-corrected chi connectivity index (χ0v) is 16.7. The number of nitrogens with one attached hydrogen (secondary N) is 3. The monoisotopic (exact) mass is 420 g/mol. The third-order valence-electron chi connectivity index (χ3n) is 3.79. The second-order valence-corrected chi connectivity index (χ2v) is 9.63. The summed E-state index contributed by atoms with van der Waals surface area (Å²) in [4.78, 5) is 4.51. The van der Waals surface area contributed by atoms with Crippen LogP contribution < -0.4 is 14.8 Å². The van der Waals surface area contributed by atoms with Gasteiger partial charge in [-0.05, 0) is 42.5 Å². The number of rotatable bonds is 8. The Kier molecular flexibility index (Phi) is 5.82. The molecule has 0 saturated heterocycles. The fourth-order valence-corrected chi connectivity index (χ4v) is 4.14. The van der Waals surface area contributed by atoms with E-state index in [2.05, 4.69) is 19.7 Å². The van der Waals surface area contributed by atoms with Crippen LogP contribution in [0.1, 0.15) is 0 Å². The molecule has 0 amide bonds. The van der Waals surface area contributed by atoms with Crippen LogP contribution in [0.4, 0.5) is 11.5 Å². The number of aromatic nitrogens is 1. The van der Waals surface area contributed by atoms with Crippen molar-refractivity contribution in [2.75, 3.05) is 29.4 Å². The van der Waals surface area contributed by atoms with Crippen LogP contribution in [-0.4, -0.2) is 41.2 Å². The highest BCUT2D eigenvalue weighted by atomic mass is 32.2. The van der Waals surface area contributed by atoms with Gasteiger partial charge >= 0.3 is 0 Å². The molecule has 0 fully saturated rings.